The van der Waals surface area contributed by atoms with Crippen LogP contribution < -0.4 is 5.32 Å². The number of alkyl halides is 2. The van der Waals surface area contributed by atoms with Crippen LogP contribution in [-0.4, -0.2) is 59.1 Å². The Labute approximate surface area is 103 Å². The molecule has 1 heterocycles. The van der Waals surface area contributed by atoms with Crippen LogP contribution in [0.5, 0.6) is 0 Å². The molecule has 2 N–H and O–H groups in total. The first kappa shape index (κ1) is 14.2. The van der Waals surface area contributed by atoms with Gasteiger partial charge in [-0.1, -0.05) is 0 Å². The lowest BCUT2D eigenvalue weighted by Gasteiger charge is -2.20. The molecule has 0 radical (unpaired) electrons. The number of nitrogens with zero attached hydrogens (tertiary/aromatic N) is 3. The average Bonchev–Trinajstić information content (AvgIpc) is 2.37. The second kappa shape index (κ2) is 6.80. The topological polar surface area (TPSA) is 78.4 Å². The number of anilines is 1. The molecule has 1 aromatic heterocycles. The summed E-state index contributed by atoms with van der Waals surface area (Å²) in [5.41, 5.74) is -0.0388. The van der Waals surface area contributed by atoms with Gasteiger partial charge in [0.1, 0.15) is 11.5 Å². The van der Waals surface area contributed by atoms with E-state index in [1.807, 2.05) is 0 Å². The van der Waals surface area contributed by atoms with Gasteiger partial charge >= 0.3 is 0 Å². The van der Waals surface area contributed by atoms with Gasteiger partial charge in [-0.15, -0.1) is 0 Å². The smallest absolute Gasteiger partial charge is 0.274 e. The zero-order valence-corrected chi connectivity index (χ0v) is 9.81. The number of aliphatic hydroxyl groups excluding tert-OH is 1. The maximum absolute atomic E-state index is 12.3. The van der Waals surface area contributed by atoms with Crippen molar-refractivity contribution in [1.29, 1.82) is 0 Å². The molecular formula is C10H14F2N4O2. The fraction of sp³-hybridized carbons (Fsp3) is 0.500. The van der Waals surface area contributed by atoms with E-state index < -0.39 is 18.9 Å². The van der Waals surface area contributed by atoms with Crippen molar-refractivity contribution in [3.63, 3.8) is 0 Å². The van der Waals surface area contributed by atoms with Crippen molar-refractivity contribution in [2.24, 2.45) is 0 Å². The van der Waals surface area contributed by atoms with Crippen LogP contribution in [0.1, 0.15) is 10.5 Å². The van der Waals surface area contributed by atoms with Crippen molar-refractivity contribution in [2.75, 3.05) is 32.1 Å². The standard InChI is InChI=1S/C10H14F2N4O2/c1-13-9-5-14-7(4-15-9)10(18)16(2-3-17)6-8(11)12/h4-5,8,17H,2-3,6H2,1H3,(H,13,15). The van der Waals surface area contributed by atoms with Crippen molar-refractivity contribution in [2.45, 2.75) is 6.43 Å². The molecule has 0 atom stereocenters. The lowest BCUT2D eigenvalue weighted by molar-refractivity contribution is 0.0504. The van der Waals surface area contributed by atoms with Crippen molar-refractivity contribution >= 4 is 11.7 Å². The van der Waals surface area contributed by atoms with Crippen LogP contribution in [0.2, 0.25) is 0 Å². The van der Waals surface area contributed by atoms with E-state index in [-0.39, 0.29) is 18.8 Å². The molecule has 0 fully saturated rings. The van der Waals surface area contributed by atoms with E-state index in [2.05, 4.69) is 15.3 Å². The molecule has 0 saturated heterocycles. The summed E-state index contributed by atoms with van der Waals surface area (Å²) in [4.78, 5) is 20.4. The quantitative estimate of drug-likeness (QED) is 0.765. The van der Waals surface area contributed by atoms with E-state index in [0.717, 1.165) is 4.90 Å². The van der Waals surface area contributed by atoms with Gasteiger partial charge in [-0.25, -0.2) is 18.7 Å². The minimum absolute atomic E-state index is 0.0388. The van der Waals surface area contributed by atoms with Crippen LogP contribution >= 0.6 is 0 Å². The Kier molecular flexibility index (Phi) is 5.37. The molecule has 0 spiro atoms. The van der Waals surface area contributed by atoms with Crippen LogP contribution in [0.15, 0.2) is 12.4 Å². The Bertz CT molecular complexity index is 386. The number of carbonyl (C=O) groups is 1. The summed E-state index contributed by atoms with van der Waals surface area (Å²) in [7, 11) is 1.64. The van der Waals surface area contributed by atoms with E-state index in [1.54, 1.807) is 7.05 Å². The van der Waals surface area contributed by atoms with Crippen LogP contribution in [0, 0.1) is 0 Å². The van der Waals surface area contributed by atoms with Gasteiger partial charge in [0, 0.05) is 13.6 Å². The Hall–Kier alpha value is -1.83. The van der Waals surface area contributed by atoms with Gasteiger partial charge in [-0.2, -0.15) is 0 Å². The number of aromatic nitrogens is 2. The molecule has 0 aliphatic heterocycles. The van der Waals surface area contributed by atoms with Gasteiger partial charge in [-0.3, -0.25) is 4.79 Å². The highest BCUT2D eigenvalue weighted by molar-refractivity contribution is 5.92. The van der Waals surface area contributed by atoms with Crippen LogP contribution in [0.4, 0.5) is 14.6 Å². The second-order valence-corrected chi connectivity index (χ2v) is 3.40. The van der Waals surface area contributed by atoms with Gasteiger partial charge < -0.3 is 15.3 Å². The monoisotopic (exact) mass is 260 g/mol. The third-order valence-electron chi connectivity index (χ3n) is 2.14. The maximum Gasteiger partial charge on any atom is 0.274 e. The van der Waals surface area contributed by atoms with E-state index in [1.165, 1.54) is 12.4 Å². The molecule has 6 nitrogen and oxygen atoms in total. The molecule has 0 aliphatic rings. The molecule has 1 rings (SSSR count). The first-order valence-electron chi connectivity index (χ1n) is 5.26. The van der Waals surface area contributed by atoms with E-state index >= 15 is 0 Å². The molecule has 1 amide bonds. The van der Waals surface area contributed by atoms with Gasteiger partial charge in [0.15, 0.2) is 0 Å². The largest absolute Gasteiger partial charge is 0.395 e. The molecule has 0 aromatic carbocycles. The number of aliphatic hydroxyl groups is 1. The van der Waals surface area contributed by atoms with Crippen LogP contribution in [0.25, 0.3) is 0 Å². The number of rotatable bonds is 6. The number of nitrogens with one attached hydrogen (secondary N) is 1. The first-order chi connectivity index (χ1) is 8.58. The lowest BCUT2D eigenvalue weighted by Crippen LogP contribution is -2.37. The normalized spacial score (nSPS) is 10.5. The minimum Gasteiger partial charge on any atom is -0.395 e. The van der Waals surface area contributed by atoms with Crippen molar-refractivity contribution in [3.8, 4) is 0 Å². The average molecular weight is 260 g/mol. The number of hydrogen-bond donors (Lipinski definition) is 2. The maximum atomic E-state index is 12.3. The number of hydrogen-bond acceptors (Lipinski definition) is 5. The minimum atomic E-state index is -2.66. The number of halogens is 2. The molecule has 0 unspecified atom stereocenters. The van der Waals surface area contributed by atoms with Gasteiger partial charge in [0.05, 0.1) is 25.5 Å². The van der Waals surface area contributed by atoms with E-state index in [0.29, 0.717) is 5.82 Å². The fourth-order valence-electron chi connectivity index (χ4n) is 1.29. The van der Waals surface area contributed by atoms with E-state index in [4.69, 9.17) is 5.11 Å². The molecule has 1 aromatic rings. The highest BCUT2D eigenvalue weighted by atomic mass is 19.3. The van der Waals surface area contributed by atoms with Crippen molar-refractivity contribution < 1.29 is 18.7 Å². The molecule has 18 heavy (non-hydrogen) atoms. The SMILES string of the molecule is CNc1cnc(C(=O)N(CCO)CC(F)F)cn1. The molecule has 0 saturated carbocycles. The predicted molar refractivity (Wildman–Crippen MR) is 60.6 cm³/mol. The third kappa shape index (κ3) is 3.88. The summed E-state index contributed by atoms with van der Waals surface area (Å²) in [6, 6.07) is 0. The lowest BCUT2D eigenvalue weighted by atomic mass is 10.3. The Balaban J connectivity index is 2.80. The van der Waals surface area contributed by atoms with Gasteiger partial charge in [-0.05, 0) is 0 Å². The summed E-state index contributed by atoms with van der Waals surface area (Å²) in [5, 5.41) is 11.5. The highest BCUT2D eigenvalue weighted by Gasteiger charge is 2.20. The number of carbonyl (C=O) groups excluding carboxylic acids is 1. The van der Waals surface area contributed by atoms with Gasteiger partial charge in [0.25, 0.3) is 12.3 Å². The summed E-state index contributed by atoms with van der Waals surface area (Å²) in [6.07, 6.45) is -0.137. The second-order valence-electron chi connectivity index (χ2n) is 3.40. The van der Waals surface area contributed by atoms with Crippen LogP contribution in [0.3, 0.4) is 0 Å². The molecule has 0 bridgehead atoms. The van der Waals surface area contributed by atoms with E-state index in [9.17, 15) is 13.6 Å². The molecule has 0 aliphatic carbocycles. The Morgan fingerprint density at radius 3 is 2.67 bits per heavy atom. The molecule has 8 heteroatoms. The fourth-order valence-corrected chi connectivity index (χ4v) is 1.29. The zero-order chi connectivity index (χ0) is 13.5. The van der Waals surface area contributed by atoms with Crippen LogP contribution in [-0.2, 0) is 0 Å². The summed E-state index contributed by atoms with van der Waals surface area (Å²) < 4.78 is 24.6. The Morgan fingerprint density at radius 2 is 2.22 bits per heavy atom. The summed E-state index contributed by atoms with van der Waals surface area (Å²) in [6.45, 7) is -1.30. The van der Waals surface area contributed by atoms with Crippen molar-refractivity contribution in [1.82, 2.24) is 14.9 Å². The highest BCUT2D eigenvalue weighted by Crippen LogP contribution is 2.06. The van der Waals surface area contributed by atoms with Gasteiger partial charge in [0.2, 0.25) is 0 Å². The molecule has 100 valence electrons. The zero-order valence-electron chi connectivity index (χ0n) is 9.81. The first-order valence-corrected chi connectivity index (χ1v) is 5.26. The van der Waals surface area contributed by atoms with Crippen molar-refractivity contribution in [3.05, 3.63) is 18.1 Å². The summed E-state index contributed by atoms with van der Waals surface area (Å²) >= 11 is 0. The summed E-state index contributed by atoms with van der Waals surface area (Å²) in [5.74, 6) is -0.214. The Morgan fingerprint density at radius 1 is 1.50 bits per heavy atom. The third-order valence-corrected chi connectivity index (χ3v) is 2.14. The predicted octanol–water partition coefficient (Wildman–Crippen LogP) is 0.218. The number of amides is 1. The molecular weight excluding hydrogens is 246 g/mol.